The lowest BCUT2D eigenvalue weighted by molar-refractivity contribution is -0.152. The Balaban J connectivity index is 1.83. The fraction of sp³-hybridized carbons (Fsp3) is 0.412. The minimum atomic E-state index is -1.11. The summed E-state index contributed by atoms with van der Waals surface area (Å²) >= 11 is 12.0. The van der Waals surface area contributed by atoms with Gasteiger partial charge in [0.1, 0.15) is 9.75 Å². The van der Waals surface area contributed by atoms with E-state index in [1.165, 1.54) is 0 Å². The van der Waals surface area contributed by atoms with E-state index < -0.39 is 21.8 Å². The summed E-state index contributed by atoms with van der Waals surface area (Å²) in [6.45, 7) is 5.04. The van der Waals surface area contributed by atoms with Crippen molar-refractivity contribution in [2.24, 2.45) is 5.41 Å². The molecule has 1 heterocycles. The summed E-state index contributed by atoms with van der Waals surface area (Å²) in [6.07, 6.45) is -0.573. The molecule has 0 amide bonds. The number of benzene rings is 1. The number of ketones is 1. The Bertz CT molecular complexity index is 811. The maximum atomic E-state index is 12.7. The van der Waals surface area contributed by atoms with Gasteiger partial charge in [0.25, 0.3) is 0 Å². The molecule has 1 aliphatic carbocycles. The molecule has 1 aromatic carbocycles. The molecule has 1 saturated carbocycles. The van der Waals surface area contributed by atoms with Crippen LogP contribution in [-0.4, -0.2) is 27.2 Å². The highest BCUT2D eigenvalue weighted by molar-refractivity contribution is 6.53. The number of Topliss-reactive ketones (excluding diaryl/α,β-unsaturated/α-hetero) is 1. The Hall–Kier alpha value is -1.52. The Kier molecular flexibility index (Phi) is 3.73. The number of carbonyl (C=O) groups excluding carboxylic acids is 2. The number of carbonyl (C=O) groups is 2. The highest BCUT2D eigenvalue weighted by Crippen LogP contribution is 2.64. The number of aromatic nitrogens is 1. The molecule has 1 N–H and O–H groups in total. The minimum absolute atomic E-state index is 0.243. The molecule has 0 bridgehead atoms. The van der Waals surface area contributed by atoms with Crippen LogP contribution in [0.2, 0.25) is 0 Å². The second-order valence-electron chi connectivity index (χ2n) is 6.30. The van der Waals surface area contributed by atoms with Crippen molar-refractivity contribution in [3.05, 3.63) is 35.5 Å². The fourth-order valence-corrected chi connectivity index (χ4v) is 3.45. The number of nitrogens with one attached hydrogen (secondary N) is 1. The van der Waals surface area contributed by atoms with Gasteiger partial charge < -0.3 is 9.72 Å². The van der Waals surface area contributed by atoms with Crippen LogP contribution in [0.15, 0.2) is 24.3 Å². The van der Waals surface area contributed by atoms with Crippen LogP contribution >= 0.6 is 23.2 Å². The van der Waals surface area contributed by atoms with Gasteiger partial charge in [0.05, 0.1) is 0 Å². The number of halogens is 2. The number of ether oxygens (including phenoxy) is 1. The summed E-state index contributed by atoms with van der Waals surface area (Å²) < 4.78 is 4.22. The molecule has 1 aliphatic rings. The van der Waals surface area contributed by atoms with Crippen LogP contribution in [-0.2, 0) is 9.53 Å². The van der Waals surface area contributed by atoms with Gasteiger partial charge >= 0.3 is 5.97 Å². The average molecular weight is 354 g/mol. The SMILES string of the molecule is Cc1[nH]c2ccccc2c1C(=O)[C@H](C)OC(=O)[C@]1(C)CC1(Cl)Cl. The molecule has 0 spiro atoms. The summed E-state index contributed by atoms with van der Waals surface area (Å²) in [5.74, 6) is -0.784. The number of fused-ring (bicyclic) bond motifs is 1. The number of alkyl halides is 2. The van der Waals surface area contributed by atoms with Crippen molar-refractivity contribution < 1.29 is 14.3 Å². The Labute approximate surface area is 144 Å². The third-order valence-electron chi connectivity index (χ3n) is 4.50. The first-order valence-electron chi connectivity index (χ1n) is 7.38. The lowest BCUT2D eigenvalue weighted by Crippen LogP contribution is -2.30. The van der Waals surface area contributed by atoms with Crippen molar-refractivity contribution >= 4 is 45.9 Å². The zero-order valence-corrected chi connectivity index (χ0v) is 14.6. The van der Waals surface area contributed by atoms with Crippen molar-refractivity contribution in [1.29, 1.82) is 0 Å². The zero-order chi connectivity index (χ0) is 17.0. The molecule has 0 unspecified atom stereocenters. The highest BCUT2D eigenvalue weighted by atomic mass is 35.5. The first-order valence-corrected chi connectivity index (χ1v) is 8.13. The number of aromatic amines is 1. The number of para-hydroxylation sites is 1. The molecule has 4 nitrogen and oxygen atoms in total. The minimum Gasteiger partial charge on any atom is -0.454 e. The van der Waals surface area contributed by atoms with E-state index in [1.54, 1.807) is 13.8 Å². The van der Waals surface area contributed by atoms with Gasteiger partial charge in [-0.05, 0) is 26.8 Å². The number of esters is 1. The standard InChI is InChI=1S/C17H17Cl2NO3/c1-9-13(11-6-4-5-7-12(11)20-9)14(21)10(2)23-15(22)16(3)8-17(16,18)19/h4-7,10,20H,8H2,1-3H3/t10-,16-/m0/s1. The molecule has 0 radical (unpaired) electrons. The Morgan fingerprint density at radius 3 is 2.52 bits per heavy atom. The second kappa shape index (κ2) is 5.25. The topological polar surface area (TPSA) is 59.2 Å². The van der Waals surface area contributed by atoms with E-state index >= 15 is 0 Å². The molecule has 1 fully saturated rings. The zero-order valence-electron chi connectivity index (χ0n) is 13.1. The number of hydrogen-bond acceptors (Lipinski definition) is 3. The molecule has 2 aromatic rings. The molecule has 2 atom stereocenters. The fourth-order valence-electron chi connectivity index (χ4n) is 2.76. The van der Waals surface area contributed by atoms with Crippen molar-refractivity contribution in [2.75, 3.05) is 0 Å². The lowest BCUT2D eigenvalue weighted by atomic mass is 10.0. The van der Waals surface area contributed by atoms with E-state index in [9.17, 15) is 9.59 Å². The number of aryl methyl sites for hydroxylation is 1. The monoisotopic (exact) mass is 353 g/mol. The predicted octanol–water partition coefficient (Wildman–Crippen LogP) is 4.17. The van der Waals surface area contributed by atoms with Crippen LogP contribution in [0.3, 0.4) is 0 Å². The molecular formula is C17H17Cl2NO3. The van der Waals surface area contributed by atoms with Crippen LogP contribution in [0.4, 0.5) is 0 Å². The van der Waals surface area contributed by atoms with Crippen LogP contribution in [0, 0.1) is 12.3 Å². The first kappa shape index (κ1) is 16.3. The van der Waals surface area contributed by atoms with Gasteiger partial charge in [-0.2, -0.15) is 0 Å². The van der Waals surface area contributed by atoms with Gasteiger partial charge in [-0.1, -0.05) is 18.2 Å². The third kappa shape index (κ3) is 2.54. The van der Waals surface area contributed by atoms with E-state index in [1.807, 2.05) is 31.2 Å². The quantitative estimate of drug-likeness (QED) is 0.509. The predicted molar refractivity (Wildman–Crippen MR) is 90.1 cm³/mol. The van der Waals surface area contributed by atoms with Crippen molar-refractivity contribution in [3.8, 4) is 0 Å². The third-order valence-corrected chi connectivity index (χ3v) is 5.60. The van der Waals surface area contributed by atoms with Crippen molar-refractivity contribution in [2.45, 2.75) is 37.6 Å². The summed E-state index contributed by atoms with van der Waals surface area (Å²) in [4.78, 5) is 28.1. The van der Waals surface area contributed by atoms with E-state index in [0.717, 1.165) is 16.6 Å². The molecule has 1 aromatic heterocycles. The Morgan fingerprint density at radius 1 is 1.30 bits per heavy atom. The van der Waals surface area contributed by atoms with Gasteiger partial charge in [-0.25, -0.2) is 0 Å². The van der Waals surface area contributed by atoms with Gasteiger partial charge in [-0.3, -0.25) is 9.59 Å². The maximum Gasteiger partial charge on any atom is 0.315 e. The average Bonchev–Trinajstić information content (AvgIpc) is 2.85. The summed E-state index contributed by atoms with van der Waals surface area (Å²) in [5, 5.41) is 0.819. The van der Waals surface area contributed by atoms with Crippen molar-refractivity contribution in [1.82, 2.24) is 4.98 Å². The van der Waals surface area contributed by atoms with E-state index in [-0.39, 0.29) is 5.78 Å². The second-order valence-corrected chi connectivity index (χ2v) is 7.78. The number of H-pyrrole nitrogens is 1. The molecule has 23 heavy (non-hydrogen) atoms. The van der Waals surface area contributed by atoms with Gasteiger partial charge in [0.15, 0.2) is 6.10 Å². The lowest BCUT2D eigenvalue weighted by Gasteiger charge is -2.16. The van der Waals surface area contributed by atoms with E-state index in [0.29, 0.717) is 12.0 Å². The molecule has 122 valence electrons. The summed E-state index contributed by atoms with van der Waals surface area (Å²) in [7, 11) is 0. The summed E-state index contributed by atoms with van der Waals surface area (Å²) in [6, 6.07) is 7.52. The maximum absolute atomic E-state index is 12.7. The molecular weight excluding hydrogens is 337 g/mol. The first-order chi connectivity index (χ1) is 10.7. The van der Waals surface area contributed by atoms with Gasteiger partial charge in [-0.15, -0.1) is 23.2 Å². The van der Waals surface area contributed by atoms with Crippen LogP contribution < -0.4 is 0 Å². The largest absolute Gasteiger partial charge is 0.454 e. The smallest absolute Gasteiger partial charge is 0.315 e. The Morgan fingerprint density at radius 2 is 1.91 bits per heavy atom. The highest BCUT2D eigenvalue weighted by Gasteiger charge is 2.69. The van der Waals surface area contributed by atoms with Crippen LogP contribution in [0.5, 0.6) is 0 Å². The molecule has 0 saturated heterocycles. The number of rotatable bonds is 4. The molecule has 6 heteroatoms. The number of hydrogen-bond donors (Lipinski definition) is 1. The van der Waals surface area contributed by atoms with Gasteiger partial charge in [0, 0.05) is 28.6 Å². The van der Waals surface area contributed by atoms with Crippen LogP contribution in [0.25, 0.3) is 10.9 Å². The van der Waals surface area contributed by atoms with Gasteiger partial charge in [0.2, 0.25) is 5.78 Å². The molecule has 3 rings (SSSR count). The normalized spacial score (nSPS) is 23.5. The summed E-state index contributed by atoms with van der Waals surface area (Å²) in [5.41, 5.74) is 1.23. The van der Waals surface area contributed by atoms with Crippen molar-refractivity contribution in [3.63, 3.8) is 0 Å². The van der Waals surface area contributed by atoms with E-state index in [2.05, 4.69) is 4.98 Å². The van der Waals surface area contributed by atoms with E-state index in [4.69, 9.17) is 27.9 Å². The molecule has 0 aliphatic heterocycles. The van der Waals surface area contributed by atoms with Crippen LogP contribution in [0.1, 0.15) is 36.3 Å².